The largest absolute Gasteiger partial charge is 0.482 e. The van der Waals surface area contributed by atoms with Crippen LogP contribution < -0.4 is 20.7 Å². The predicted molar refractivity (Wildman–Crippen MR) is 95.5 cm³/mol. The SMILES string of the molecule is O=C1COc2ccc(C(=O)Nc3ccc(C(=O)NC4CC4)cc3)cc2N1. The zero-order valence-corrected chi connectivity index (χ0v) is 13.9. The minimum Gasteiger partial charge on any atom is -0.482 e. The Morgan fingerprint density at radius 2 is 1.73 bits per heavy atom. The summed E-state index contributed by atoms with van der Waals surface area (Å²) < 4.78 is 5.27. The highest BCUT2D eigenvalue weighted by Gasteiger charge is 2.23. The van der Waals surface area contributed by atoms with E-state index in [0.717, 1.165) is 12.8 Å². The third-order valence-corrected chi connectivity index (χ3v) is 4.19. The molecule has 4 rings (SSSR count). The molecule has 3 amide bonds. The van der Waals surface area contributed by atoms with E-state index in [1.54, 1.807) is 42.5 Å². The van der Waals surface area contributed by atoms with Crippen molar-refractivity contribution >= 4 is 29.1 Å². The van der Waals surface area contributed by atoms with Crippen molar-refractivity contribution in [1.29, 1.82) is 0 Å². The highest BCUT2D eigenvalue weighted by Crippen LogP contribution is 2.28. The summed E-state index contributed by atoms with van der Waals surface area (Å²) in [4.78, 5) is 35.8. The van der Waals surface area contributed by atoms with Crippen LogP contribution >= 0.6 is 0 Å². The number of benzene rings is 2. The summed E-state index contributed by atoms with van der Waals surface area (Å²) in [7, 11) is 0. The van der Waals surface area contributed by atoms with Crippen LogP contribution in [0.25, 0.3) is 0 Å². The second-order valence-electron chi connectivity index (χ2n) is 6.33. The Bertz CT molecular complexity index is 888. The molecule has 0 radical (unpaired) electrons. The van der Waals surface area contributed by atoms with Gasteiger partial charge in [-0.15, -0.1) is 0 Å². The van der Waals surface area contributed by atoms with Crippen molar-refractivity contribution in [3.05, 3.63) is 53.6 Å². The summed E-state index contributed by atoms with van der Waals surface area (Å²) in [5, 5.41) is 8.36. The van der Waals surface area contributed by atoms with E-state index < -0.39 is 0 Å². The van der Waals surface area contributed by atoms with Gasteiger partial charge in [0.05, 0.1) is 5.69 Å². The molecule has 7 heteroatoms. The minimum atomic E-state index is -0.317. The number of hydrogen-bond donors (Lipinski definition) is 3. The molecule has 0 aromatic heterocycles. The Hall–Kier alpha value is -3.35. The Labute approximate surface area is 149 Å². The molecule has 7 nitrogen and oxygen atoms in total. The zero-order valence-electron chi connectivity index (χ0n) is 13.9. The molecule has 0 atom stereocenters. The lowest BCUT2D eigenvalue weighted by atomic mass is 10.1. The van der Waals surface area contributed by atoms with E-state index in [0.29, 0.717) is 34.3 Å². The summed E-state index contributed by atoms with van der Waals surface area (Å²) in [6.07, 6.45) is 2.07. The summed E-state index contributed by atoms with van der Waals surface area (Å²) in [5.74, 6) is -0.138. The molecule has 1 aliphatic carbocycles. The highest BCUT2D eigenvalue weighted by molar-refractivity contribution is 6.06. The first kappa shape index (κ1) is 16.1. The highest BCUT2D eigenvalue weighted by atomic mass is 16.5. The van der Waals surface area contributed by atoms with Crippen LogP contribution in [0.1, 0.15) is 33.6 Å². The van der Waals surface area contributed by atoms with Gasteiger partial charge in [0.1, 0.15) is 5.75 Å². The van der Waals surface area contributed by atoms with Gasteiger partial charge in [0, 0.05) is 22.9 Å². The van der Waals surface area contributed by atoms with Crippen molar-refractivity contribution in [1.82, 2.24) is 5.32 Å². The van der Waals surface area contributed by atoms with Crippen LogP contribution in [0.4, 0.5) is 11.4 Å². The van der Waals surface area contributed by atoms with E-state index in [4.69, 9.17) is 4.74 Å². The van der Waals surface area contributed by atoms with Crippen molar-refractivity contribution in [3.8, 4) is 5.75 Å². The van der Waals surface area contributed by atoms with Crippen LogP contribution in [0.15, 0.2) is 42.5 Å². The molecule has 1 heterocycles. The number of amides is 3. The van der Waals surface area contributed by atoms with E-state index in [2.05, 4.69) is 16.0 Å². The first-order chi connectivity index (χ1) is 12.6. The molecule has 1 fully saturated rings. The lowest BCUT2D eigenvalue weighted by Crippen LogP contribution is -2.26. The summed E-state index contributed by atoms with van der Waals surface area (Å²) in [6.45, 7) is -0.0286. The molecule has 2 aromatic carbocycles. The van der Waals surface area contributed by atoms with Gasteiger partial charge in [-0.25, -0.2) is 0 Å². The lowest BCUT2D eigenvalue weighted by Gasteiger charge is -2.18. The fraction of sp³-hybridized carbons (Fsp3) is 0.211. The number of fused-ring (bicyclic) bond motifs is 1. The van der Waals surface area contributed by atoms with E-state index >= 15 is 0 Å². The number of carbonyl (C=O) groups excluding carboxylic acids is 3. The van der Waals surface area contributed by atoms with Gasteiger partial charge < -0.3 is 20.7 Å². The van der Waals surface area contributed by atoms with E-state index in [1.807, 2.05) is 0 Å². The molecule has 0 unspecified atom stereocenters. The predicted octanol–water partition coefficient (Wildman–Crippen LogP) is 2.16. The van der Waals surface area contributed by atoms with Gasteiger partial charge in [0.15, 0.2) is 6.61 Å². The molecule has 0 saturated heterocycles. The van der Waals surface area contributed by atoms with Crippen LogP contribution in [0, 0.1) is 0 Å². The lowest BCUT2D eigenvalue weighted by molar-refractivity contribution is -0.118. The number of nitrogens with one attached hydrogen (secondary N) is 3. The third-order valence-electron chi connectivity index (χ3n) is 4.19. The molecule has 26 heavy (non-hydrogen) atoms. The van der Waals surface area contributed by atoms with Crippen molar-refractivity contribution in [2.24, 2.45) is 0 Å². The maximum absolute atomic E-state index is 12.4. The number of anilines is 2. The number of carbonyl (C=O) groups is 3. The molecule has 3 N–H and O–H groups in total. The van der Waals surface area contributed by atoms with Crippen LogP contribution in [-0.2, 0) is 4.79 Å². The fourth-order valence-corrected chi connectivity index (χ4v) is 2.63. The van der Waals surface area contributed by atoms with Gasteiger partial charge in [-0.2, -0.15) is 0 Å². The minimum absolute atomic E-state index is 0.0286. The standard InChI is InChI=1S/C19H17N3O4/c23-17-10-26-16-8-3-12(9-15(16)22-17)19(25)21-13-4-1-11(2-5-13)18(24)20-14-6-7-14/h1-5,8-9,14H,6-7,10H2,(H,20,24)(H,21,25)(H,22,23). The maximum atomic E-state index is 12.4. The Balaban J connectivity index is 1.43. The van der Waals surface area contributed by atoms with Crippen molar-refractivity contribution < 1.29 is 19.1 Å². The molecule has 1 saturated carbocycles. The first-order valence-electron chi connectivity index (χ1n) is 8.37. The van der Waals surface area contributed by atoms with Crippen LogP contribution in [0.5, 0.6) is 5.75 Å². The van der Waals surface area contributed by atoms with Crippen LogP contribution in [0.3, 0.4) is 0 Å². The molecule has 2 aliphatic rings. The topological polar surface area (TPSA) is 96.5 Å². The second-order valence-corrected chi connectivity index (χ2v) is 6.33. The number of rotatable bonds is 4. The maximum Gasteiger partial charge on any atom is 0.262 e. The quantitative estimate of drug-likeness (QED) is 0.786. The van der Waals surface area contributed by atoms with E-state index in [-0.39, 0.29) is 24.3 Å². The average Bonchev–Trinajstić information content (AvgIpc) is 3.45. The third kappa shape index (κ3) is 3.51. The molecule has 1 aliphatic heterocycles. The molecular formula is C19H17N3O4. The zero-order chi connectivity index (χ0) is 18.1. The summed E-state index contributed by atoms with van der Waals surface area (Å²) >= 11 is 0. The van der Waals surface area contributed by atoms with Gasteiger partial charge in [-0.05, 0) is 55.3 Å². The molecule has 0 bridgehead atoms. The van der Waals surface area contributed by atoms with Crippen LogP contribution in [0.2, 0.25) is 0 Å². The van der Waals surface area contributed by atoms with Crippen molar-refractivity contribution in [2.75, 3.05) is 17.2 Å². The normalized spacial score (nSPS) is 15.3. The van der Waals surface area contributed by atoms with Gasteiger partial charge in [-0.1, -0.05) is 0 Å². The van der Waals surface area contributed by atoms with E-state index in [1.165, 1.54) is 0 Å². The fourth-order valence-electron chi connectivity index (χ4n) is 2.63. The van der Waals surface area contributed by atoms with Gasteiger partial charge in [0.2, 0.25) is 0 Å². The smallest absolute Gasteiger partial charge is 0.262 e. The monoisotopic (exact) mass is 351 g/mol. The number of hydrogen-bond acceptors (Lipinski definition) is 4. The Morgan fingerprint density at radius 3 is 2.46 bits per heavy atom. The van der Waals surface area contributed by atoms with E-state index in [9.17, 15) is 14.4 Å². The molecule has 0 spiro atoms. The average molecular weight is 351 g/mol. The molecular weight excluding hydrogens is 334 g/mol. The second kappa shape index (κ2) is 6.51. The number of ether oxygens (including phenoxy) is 1. The van der Waals surface area contributed by atoms with Gasteiger partial charge in [0.25, 0.3) is 17.7 Å². The van der Waals surface area contributed by atoms with Crippen molar-refractivity contribution in [2.45, 2.75) is 18.9 Å². The van der Waals surface area contributed by atoms with Gasteiger partial charge in [-0.3, -0.25) is 14.4 Å². The van der Waals surface area contributed by atoms with Crippen LogP contribution in [-0.4, -0.2) is 30.4 Å². The Morgan fingerprint density at radius 1 is 1.00 bits per heavy atom. The Kier molecular flexibility index (Phi) is 4.04. The van der Waals surface area contributed by atoms with Crippen molar-refractivity contribution in [3.63, 3.8) is 0 Å². The summed E-state index contributed by atoms with van der Waals surface area (Å²) in [6, 6.07) is 11.9. The molecule has 2 aromatic rings. The molecule has 132 valence electrons. The summed E-state index contributed by atoms with van der Waals surface area (Å²) in [5.41, 5.74) is 2.01. The van der Waals surface area contributed by atoms with Gasteiger partial charge >= 0.3 is 0 Å². The first-order valence-corrected chi connectivity index (χ1v) is 8.37.